The Morgan fingerprint density at radius 3 is 2.92 bits per heavy atom. The molecule has 3 aliphatic carbocycles. The van der Waals surface area contributed by atoms with Gasteiger partial charge in [0, 0.05) is 0 Å². The molecule has 4 fully saturated rings. The third-order valence-electron chi connectivity index (χ3n) is 5.61. The van der Waals surface area contributed by atoms with Crippen molar-refractivity contribution in [3.63, 3.8) is 0 Å². The fourth-order valence-electron chi connectivity index (χ4n) is 4.70. The van der Waals surface area contributed by atoms with Gasteiger partial charge < -0.3 is 9.31 Å². The van der Waals surface area contributed by atoms with Gasteiger partial charge in [0.1, 0.15) is 0 Å². The molecule has 4 aliphatic rings. The van der Waals surface area contributed by atoms with E-state index in [9.17, 15) is 0 Å². The molecule has 69 valence electrons. The lowest BCUT2D eigenvalue weighted by atomic mass is 9.41. The first-order chi connectivity index (χ1) is 6.17. The highest BCUT2D eigenvalue weighted by atomic mass is 16.7. The van der Waals surface area contributed by atoms with Crippen LogP contribution in [0.2, 0.25) is 0 Å². The molecule has 0 aromatic carbocycles. The molecule has 3 saturated carbocycles. The third kappa shape index (κ3) is 0.498. The van der Waals surface area contributed by atoms with Crippen LogP contribution in [-0.2, 0) is 9.31 Å². The van der Waals surface area contributed by atoms with Gasteiger partial charge >= 0.3 is 7.69 Å². The summed E-state index contributed by atoms with van der Waals surface area (Å²) in [7, 11) is 1.58. The molecule has 0 aromatic rings. The molecule has 13 heavy (non-hydrogen) atoms. The van der Waals surface area contributed by atoms with E-state index >= 15 is 0 Å². The van der Waals surface area contributed by atoms with Crippen LogP contribution in [0.15, 0.2) is 0 Å². The fourth-order valence-corrected chi connectivity index (χ4v) is 4.70. The zero-order valence-corrected chi connectivity index (χ0v) is 8.12. The third-order valence-corrected chi connectivity index (χ3v) is 5.61. The zero-order valence-electron chi connectivity index (χ0n) is 8.12. The Balaban J connectivity index is 1.85. The standard InChI is InChI=1S/C10H14BO2/c1-9-5-3-6(9)8-10(2,7(9)4-5)13-11-12-8/h5-8H,3-4H2,1-2H3/t5?,6?,7?,8?,9?,10-/m0/s1. The Kier molecular flexibility index (Phi) is 0.967. The van der Waals surface area contributed by atoms with Gasteiger partial charge in [-0.25, -0.2) is 0 Å². The first-order valence-electron chi connectivity index (χ1n) is 5.32. The first-order valence-corrected chi connectivity index (χ1v) is 5.32. The van der Waals surface area contributed by atoms with Gasteiger partial charge in [0.05, 0.1) is 11.7 Å². The summed E-state index contributed by atoms with van der Waals surface area (Å²) in [6, 6.07) is 0. The maximum absolute atomic E-state index is 5.71. The normalized spacial score (nSPS) is 71.8. The second kappa shape index (κ2) is 1.72. The minimum Gasteiger partial charge on any atom is -0.407 e. The Bertz CT molecular complexity index is 291. The summed E-state index contributed by atoms with van der Waals surface area (Å²) in [5.41, 5.74) is 0.597. The molecule has 0 aromatic heterocycles. The van der Waals surface area contributed by atoms with Crippen molar-refractivity contribution in [2.24, 2.45) is 23.2 Å². The van der Waals surface area contributed by atoms with Gasteiger partial charge in [-0.15, -0.1) is 0 Å². The second-order valence-corrected chi connectivity index (χ2v) is 5.65. The lowest BCUT2D eigenvalue weighted by molar-refractivity contribution is -0.174. The molecule has 5 unspecified atom stereocenters. The van der Waals surface area contributed by atoms with Crippen LogP contribution in [0.3, 0.4) is 0 Å². The summed E-state index contributed by atoms with van der Waals surface area (Å²) in [6.45, 7) is 4.68. The maximum Gasteiger partial charge on any atom is 0.488 e. The van der Waals surface area contributed by atoms with E-state index in [2.05, 4.69) is 13.8 Å². The lowest BCUT2D eigenvalue weighted by Crippen LogP contribution is -2.59. The van der Waals surface area contributed by atoms with Gasteiger partial charge in [-0.05, 0) is 42.9 Å². The van der Waals surface area contributed by atoms with Gasteiger partial charge in [0.2, 0.25) is 0 Å². The van der Waals surface area contributed by atoms with E-state index in [0.29, 0.717) is 11.5 Å². The van der Waals surface area contributed by atoms with Gasteiger partial charge in [-0.2, -0.15) is 0 Å². The van der Waals surface area contributed by atoms with Crippen LogP contribution >= 0.6 is 0 Å². The Hall–Kier alpha value is -0.0151. The molecule has 6 atom stereocenters. The van der Waals surface area contributed by atoms with Gasteiger partial charge in [-0.1, -0.05) is 6.92 Å². The maximum atomic E-state index is 5.71. The average molecular weight is 177 g/mol. The van der Waals surface area contributed by atoms with Crippen molar-refractivity contribution >= 4 is 7.69 Å². The second-order valence-electron chi connectivity index (χ2n) is 5.65. The highest BCUT2D eigenvalue weighted by Crippen LogP contribution is 2.78. The summed E-state index contributed by atoms with van der Waals surface area (Å²) < 4.78 is 11.3. The van der Waals surface area contributed by atoms with Crippen LogP contribution in [0, 0.1) is 23.2 Å². The van der Waals surface area contributed by atoms with Crippen molar-refractivity contribution in [2.75, 3.05) is 0 Å². The molecule has 1 heterocycles. The van der Waals surface area contributed by atoms with Crippen molar-refractivity contribution in [1.82, 2.24) is 0 Å². The predicted octanol–water partition coefficient (Wildman–Crippen LogP) is 1.37. The van der Waals surface area contributed by atoms with Crippen LogP contribution in [0.5, 0.6) is 0 Å². The summed E-state index contributed by atoms with van der Waals surface area (Å²) in [5.74, 6) is 2.52. The van der Waals surface area contributed by atoms with Gasteiger partial charge in [0.15, 0.2) is 0 Å². The highest BCUT2D eigenvalue weighted by molar-refractivity contribution is 6.19. The molecule has 0 bridgehead atoms. The predicted molar refractivity (Wildman–Crippen MR) is 47.9 cm³/mol. The van der Waals surface area contributed by atoms with Crippen LogP contribution in [0.1, 0.15) is 26.7 Å². The number of hydrogen-bond acceptors (Lipinski definition) is 2. The Morgan fingerprint density at radius 2 is 2.15 bits per heavy atom. The van der Waals surface area contributed by atoms with E-state index in [1.807, 2.05) is 0 Å². The molecule has 0 amide bonds. The van der Waals surface area contributed by atoms with Crippen LogP contribution in [0.25, 0.3) is 0 Å². The van der Waals surface area contributed by atoms with E-state index in [-0.39, 0.29) is 5.60 Å². The smallest absolute Gasteiger partial charge is 0.407 e. The minimum absolute atomic E-state index is 0.0203. The topological polar surface area (TPSA) is 18.5 Å². The fraction of sp³-hybridized carbons (Fsp3) is 1.00. The van der Waals surface area contributed by atoms with Crippen molar-refractivity contribution in [2.45, 2.75) is 38.4 Å². The Morgan fingerprint density at radius 1 is 1.31 bits per heavy atom. The molecule has 0 spiro atoms. The molecule has 1 radical (unpaired) electrons. The van der Waals surface area contributed by atoms with Gasteiger partial charge in [-0.3, -0.25) is 0 Å². The molecule has 4 rings (SSSR count). The van der Waals surface area contributed by atoms with E-state index in [1.54, 1.807) is 7.69 Å². The molecule has 3 heteroatoms. The monoisotopic (exact) mass is 177 g/mol. The molecule has 0 N–H and O–H groups in total. The molecular formula is C10H14BO2. The van der Waals surface area contributed by atoms with Crippen LogP contribution < -0.4 is 0 Å². The number of rotatable bonds is 0. The summed E-state index contributed by atoms with van der Waals surface area (Å²) in [6.07, 6.45) is 3.11. The van der Waals surface area contributed by atoms with E-state index in [4.69, 9.17) is 9.31 Å². The van der Waals surface area contributed by atoms with Crippen molar-refractivity contribution < 1.29 is 9.31 Å². The SMILES string of the molecule is CC12C3CC1C1O[B]O[C@@]1(C)C2C3. The molecule has 1 aliphatic heterocycles. The van der Waals surface area contributed by atoms with Crippen molar-refractivity contribution in [3.05, 3.63) is 0 Å². The molecule has 1 saturated heterocycles. The van der Waals surface area contributed by atoms with Gasteiger partial charge in [0.25, 0.3) is 0 Å². The number of fused-ring (bicyclic) bond motifs is 3. The van der Waals surface area contributed by atoms with Crippen LogP contribution in [0.4, 0.5) is 0 Å². The van der Waals surface area contributed by atoms with Crippen molar-refractivity contribution in [3.8, 4) is 0 Å². The van der Waals surface area contributed by atoms with Crippen LogP contribution in [-0.4, -0.2) is 19.4 Å². The average Bonchev–Trinajstić information content (AvgIpc) is 2.45. The van der Waals surface area contributed by atoms with E-state index in [1.165, 1.54) is 12.8 Å². The highest BCUT2D eigenvalue weighted by Gasteiger charge is 2.79. The van der Waals surface area contributed by atoms with Crippen molar-refractivity contribution in [1.29, 1.82) is 0 Å². The summed E-state index contributed by atoms with van der Waals surface area (Å²) in [4.78, 5) is 0. The summed E-state index contributed by atoms with van der Waals surface area (Å²) >= 11 is 0. The zero-order chi connectivity index (χ0) is 8.84. The quantitative estimate of drug-likeness (QED) is 0.520. The lowest BCUT2D eigenvalue weighted by Gasteiger charge is -2.64. The minimum atomic E-state index is 0.0203. The molecule has 2 nitrogen and oxygen atoms in total. The largest absolute Gasteiger partial charge is 0.488 e. The molecular weight excluding hydrogens is 163 g/mol. The van der Waals surface area contributed by atoms with E-state index < -0.39 is 0 Å². The number of hydrogen-bond donors (Lipinski definition) is 0. The summed E-state index contributed by atoms with van der Waals surface area (Å²) in [5, 5.41) is 0. The van der Waals surface area contributed by atoms with E-state index in [0.717, 1.165) is 17.8 Å². The Labute approximate surface area is 79.3 Å². The first kappa shape index (κ1) is 7.30.